The molecule has 37 heavy (non-hydrogen) atoms. The molecule has 0 amide bonds. The SMILES string of the molecule is C.C.C.C.C.C.C.C.C=C(CC(C)=O)C(C)=O.COC(C)C(C)=O.COCC(COC)(COC)COC. The molecular weight excluding hydrogens is 476 g/mol. The molecule has 0 aromatic rings. The summed E-state index contributed by atoms with van der Waals surface area (Å²) in [7, 11) is 8.17. The van der Waals surface area contributed by atoms with E-state index in [2.05, 4.69) is 11.3 Å². The van der Waals surface area contributed by atoms with Crippen molar-refractivity contribution in [1.82, 2.24) is 0 Å². The Balaban J connectivity index is -0.0000000285. The number of Topliss-reactive ketones (excluding diaryl/α,β-unsaturated/α-hetero) is 3. The van der Waals surface area contributed by atoms with E-state index in [1.165, 1.54) is 27.9 Å². The Morgan fingerprint density at radius 1 is 0.649 bits per heavy atom. The fourth-order valence-electron chi connectivity index (χ4n) is 2.07. The first-order valence-corrected chi connectivity index (χ1v) is 9.13. The Labute approximate surface area is 234 Å². The maximum atomic E-state index is 10.4. The second-order valence-corrected chi connectivity index (χ2v) is 6.76. The summed E-state index contributed by atoms with van der Waals surface area (Å²) >= 11 is 0. The summed E-state index contributed by atoms with van der Waals surface area (Å²) in [6, 6.07) is 0. The quantitative estimate of drug-likeness (QED) is 0.220. The lowest BCUT2D eigenvalue weighted by atomic mass is 9.92. The van der Waals surface area contributed by atoms with Crippen LogP contribution in [0.2, 0.25) is 0 Å². The molecule has 0 fully saturated rings. The highest BCUT2D eigenvalue weighted by molar-refractivity contribution is 5.97. The molecule has 0 aliphatic heterocycles. The van der Waals surface area contributed by atoms with Crippen molar-refractivity contribution in [2.24, 2.45) is 5.41 Å². The molecule has 0 aromatic heterocycles. The smallest absolute Gasteiger partial charge is 0.158 e. The van der Waals surface area contributed by atoms with E-state index in [0.29, 0.717) is 32.0 Å². The summed E-state index contributed by atoms with van der Waals surface area (Å²) in [5.41, 5.74) is 0.204. The first-order chi connectivity index (χ1) is 13.5. The summed E-state index contributed by atoms with van der Waals surface area (Å²) < 4.78 is 25.2. The average Bonchev–Trinajstić information content (AvgIpc) is 2.62. The molecule has 0 aliphatic rings. The number of carbonyl (C=O) groups is 3. The van der Waals surface area contributed by atoms with Gasteiger partial charge in [0.25, 0.3) is 0 Å². The maximum Gasteiger partial charge on any atom is 0.158 e. The van der Waals surface area contributed by atoms with Gasteiger partial charge in [-0.15, -0.1) is 0 Å². The van der Waals surface area contributed by atoms with Crippen molar-refractivity contribution in [2.45, 2.75) is 99.6 Å². The van der Waals surface area contributed by atoms with Crippen molar-refractivity contribution in [1.29, 1.82) is 0 Å². The Morgan fingerprint density at radius 2 is 0.919 bits per heavy atom. The lowest BCUT2D eigenvalue weighted by Gasteiger charge is -2.30. The van der Waals surface area contributed by atoms with E-state index in [9.17, 15) is 14.4 Å². The van der Waals surface area contributed by atoms with Gasteiger partial charge >= 0.3 is 0 Å². The number of hydrogen-bond donors (Lipinski definition) is 0. The maximum absolute atomic E-state index is 10.4. The third-order valence-electron chi connectivity index (χ3n) is 3.69. The van der Waals surface area contributed by atoms with Gasteiger partial charge in [-0.3, -0.25) is 14.4 Å². The van der Waals surface area contributed by atoms with E-state index in [1.807, 2.05) is 0 Å². The molecule has 0 rings (SSSR count). The van der Waals surface area contributed by atoms with Gasteiger partial charge in [0.1, 0.15) is 11.9 Å². The highest BCUT2D eigenvalue weighted by Gasteiger charge is 2.30. The van der Waals surface area contributed by atoms with Gasteiger partial charge in [-0.1, -0.05) is 66.0 Å². The van der Waals surface area contributed by atoms with Gasteiger partial charge in [0.05, 0.1) is 31.8 Å². The number of carbonyl (C=O) groups excluding carboxylic acids is 3. The topological polar surface area (TPSA) is 97.4 Å². The van der Waals surface area contributed by atoms with Crippen LogP contribution in [0.15, 0.2) is 12.2 Å². The van der Waals surface area contributed by atoms with Gasteiger partial charge in [-0.2, -0.15) is 0 Å². The molecule has 8 heteroatoms. The van der Waals surface area contributed by atoms with Crippen LogP contribution in [0.1, 0.15) is 93.5 Å². The van der Waals surface area contributed by atoms with Crippen LogP contribution in [-0.2, 0) is 38.1 Å². The van der Waals surface area contributed by atoms with E-state index in [-0.39, 0.29) is 94.7 Å². The number of ether oxygens (including phenoxy) is 5. The fraction of sp³-hybridized carbons (Fsp3) is 0.828. The highest BCUT2D eigenvalue weighted by Crippen LogP contribution is 2.19. The minimum Gasteiger partial charge on any atom is -0.384 e. The molecule has 0 radical (unpaired) electrons. The van der Waals surface area contributed by atoms with E-state index >= 15 is 0 Å². The molecule has 8 nitrogen and oxygen atoms in total. The molecule has 1 atom stereocenters. The summed E-state index contributed by atoms with van der Waals surface area (Å²) in [4.78, 5) is 31.0. The molecule has 0 heterocycles. The molecule has 0 spiro atoms. The molecule has 0 aliphatic carbocycles. The van der Waals surface area contributed by atoms with Crippen molar-refractivity contribution in [2.75, 3.05) is 62.0 Å². The standard InChI is InChI=1S/C9H20O4.C7H10O2.C5H10O2.8CH4/c1-10-5-9(6-11-2,7-12-3)8-13-4;1-5(7(3)9)4-6(2)8;1-4(6)5(2)7-3;;;;;;;;/h5-8H2,1-4H3;1,4H2,2-3H3;5H,1-3H3;8*1H4. The normalized spacial score (nSPS) is 8.89. The van der Waals surface area contributed by atoms with Crippen LogP contribution >= 0.6 is 0 Å². The van der Waals surface area contributed by atoms with Crippen LogP contribution in [-0.4, -0.2) is 85.4 Å². The van der Waals surface area contributed by atoms with Crippen LogP contribution in [0, 0.1) is 5.41 Å². The minimum atomic E-state index is -0.236. The first-order valence-electron chi connectivity index (χ1n) is 9.13. The van der Waals surface area contributed by atoms with E-state index in [1.54, 1.807) is 35.4 Å². The largest absolute Gasteiger partial charge is 0.384 e. The van der Waals surface area contributed by atoms with Gasteiger partial charge in [0, 0.05) is 42.0 Å². The van der Waals surface area contributed by atoms with Crippen molar-refractivity contribution in [3.05, 3.63) is 12.2 Å². The first kappa shape index (κ1) is 70.4. The van der Waals surface area contributed by atoms with Crippen LogP contribution in [0.4, 0.5) is 0 Å². The second kappa shape index (κ2) is 44.5. The fourth-order valence-corrected chi connectivity index (χ4v) is 2.07. The van der Waals surface area contributed by atoms with E-state index in [0.717, 1.165) is 0 Å². The molecular formula is C29H72O8. The number of methoxy groups -OCH3 is 5. The van der Waals surface area contributed by atoms with Crippen molar-refractivity contribution < 1.29 is 38.1 Å². The number of hydrogen-bond acceptors (Lipinski definition) is 8. The Bertz CT molecular complexity index is 447. The summed E-state index contributed by atoms with van der Waals surface area (Å²) in [6.07, 6.45) is -0.0463. The van der Waals surface area contributed by atoms with Gasteiger partial charge in [0.15, 0.2) is 11.6 Å². The van der Waals surface area contributed by atoms with Gasteiger partial charge in [0.2, 0.25) is 0 Å². The lowest BCUT2D eigenvalue weighted by molar-refractivity contribution is -0.125. The van der Waals surface area contributed by atoms with E-state index < -0.39 is 0 Å². The van der Waals surface area contributed by atoms with Gasteiger partial charge in [-0.25, -0.2) is 0 Å². The zero-order valence-corrected chi connectivity index (χ0v) is 19.6. The van der Waals surface area contributed by atoms with Crippen molar-refractivity contribution in [3.8, 4) is 0 Å². The Kier molecular flexibility index (Phi) is 84.8. The number of allylic oxidation sites excluding steroid dienone is 1. The zero-order valence-electron chi connectivity index (χ0n) is 19.6. The summed E-state index contributed by atoms with van der Waals surface area (Å²) in [6.45, 7) is 11.8. The van der Waals surface area contributed by atoms with Crippen LogP contribution in [0.3, 0.4) is 0 Å². The van der Waals surface area contributed by atoms with Crippen LogP contribution in [0.5, 0.6) is 0 Å². The molecule has 0 bridgehead atoms. The minimum absolute atomic E-state index is 0. The molecule has 1 unspecified atom stereocenters. The number of ketones is 3. The van der Waals surface area contributed by atoms with Crippen molar-refractivity contribution >= 4 is 17.3 Å². The predicted octanol–water partition coefficient (Wildman–Crippen LogP) is 7.37. The van der Waals surface area contributed by atoms with Crippen LogP contribution in [0.25, 0.3) is 0 Å². The third kappa shape index (κ3) is 44.9. The predicted molar refractivity (Wildman–Crippen MR) is 166 cm³/mol. The van der Waals surface area contributed by atoms with Gasteiger partial charge in [-0.05, 0) is 33.3 Å². The van der Waals surface area contributed by atoms with Crippen LogP contribution < -0.4 is 0 Å². The highest BCUT2D eigenvalue weighted by atomic mass is 16.5. The summed E-state index contributed by atoms with van der Waals surface area (Å²) in [5.74, 6) is -0.0529. The Hall–Kier alpha value is -1.45. The monoisotopic (exact) mass is 549 g/mol. The zero-order chi connectivity index (χ0) is 23.5. The Morgan fingerprint density at radius 3 is 1.00 bits per heavy atom. The average molecular weight is 549 g/mol. The molecule has 236 valence electrons. The molecule has 0 N–H and O–H groups in total. The van der Waals surface area contributed by atoms with Crippen molar-refractivity contribution in [3.63, 3.8) is 0 Å². The summed E-state index contributed by atoms with van der Waals surface area (Å²) in [5, 5.41) is 0. The molecule has 0 saturated carbocycles. The van der Waals surface area contributed by atoms with E-state index in [4.69, 9.17) is 18.9 Å². The lowest BCUT2D eigenvalue weighted by Crippen LogP contribution is -2.40. The second-order valence-electron chi connectivity index (χ2n) is 6.76. The molecule has 0 saturated heterocycles. The number of rotatable bonds is 13. The molecule has 0 aromatic carbocycles. The van der Waals surface area contributed by atoms with Gasteiger partial charge < -0.3 is 23.7 Å². The third-order valence-corrected chi connectivity index (χ3v) is 3.69.